The van der Waals surface area contributed by atoms with Gasteiger partial charge in [0.05, 0.1) is 5.56 Å². The molecule has 0 spiro atoms. The monoisotopic (exact) mass is 285 g/mol. The first-order valence-corrected chi connectivity index (χ1v) is 7.58. The number of phenolic OH excluding ortho intramolecular Hbond substituents is 1. The Balaban J connectivity index is 1.97. The Morgan fingerprint density at radius 3 is 2.48 bits per heavy atom. The van der Waals surface area contributed by atoms with Crippen molar-refractivity contribution in [1.82, 2.24) is 5.32 Å². The number of phenols is 1. The van der Waals surface area contributed by atoms with Gasteiger partial charge in [0.2, 0.25) is 0 Å². The largest absolute Gasteiger partial charge is 0.507 e. The summed E-state index contributed by atoms with van der Waals surface area (Å²) in [4.78, 5) is 12.1. The zero-order chi connectivity index (χ0) is 15.2. The van der Waals surface area contributed by atoms with Crippen LogP contribution in [0, 0.1) is 5.92 Å². The van der Waals surface area contributed by atoms with E-state index in [1.54, 1.807) is 12.1 Å². The molecule has 0 radical (unpaired) electrons. The van der Waals surface area contributed by atoms with E-state index in [2.05, 4.69) is 19.2 Å². The smallest absolute Gasteiger partial charge is 0.255 e. The molecule has 0 aromatic heterocycles. The third-order valence-corrected chi connectivity index (χ3v) is 3.60. The highest BCUT2D eigenvalue weighted by Crippen LogP contribution is 2.24. The van der Waals surface area contributed by atoms with Gasteiger partial charge < -0.3 is 10.4 Å². The predicted octanol–water partition coefficient (Wildman–Crippen LogP) is 4.10. The fourth-order valence-electron chi connectivity index (χ4n) is 2.38. The number of aromatic hydroxyl groups is 1. The fourth-order valence-corrected chi connectivity index (χ4v) is 2.38. The second-order valence-corrected chi connectivity index (χ2v) is 5.86. The van der Waals surface area contributed by atoms with E-state index in [4.69, 9.17) is 0 Å². The van der Waals surface area contributed by atoms with Crippen LogP contribution in [0.2, 0.25) is 0 Å². The van der Waals surface area contributed by atoms with E-state index in [1.807, 2.05) is 24.3 Å². The molecule has 0 aliphatic heterocycles. The van der Waals surface area contributed by atoms with Crippen LogP contribution in [0.4, 0.5) is 0 Å². The van der Waals surface area contributed by atoms with Gasteiger partial charge in [0.15, 0.2) is 0 Å². The standard InChI is InChI=1S/C18H23NO2/c1-13(2)7-5-6-10-19-18(21)16-11-14-8-3-4-9-15(14)12-17(16)20/h3-4,8-9,11-13,20H,5-7,10H2,1-2H3,(H,19,21). The van der Waals surface area contributed by atoms with Crippen LogP contribution in [-0.4, -0.2) is 17.6 Å². The molecule has 2 aromatic rings. The molecule has 1 amide bonds. The van der Waals surface area contributed by atoms with E-state index in [0.717, 1.165) is 23.6 Å². The quantitative estimate of drug-likeness (QED) is 0.785. The van der Waals surface area contributed by atoms with Crippen LogP contribution in [0.25, 0.3) is 10.8 Å². The summed E-state index contributed by atoms with van der Waals surface area (Å²) < 4.78 is 0. The summed E-state index contributed by atoms with van der Waals surface area (Å²) in [7, 11) is 0. The Bertz CT molecular complexity index is 620. The van der Waals surface area contributed by atoms with Crippen LogP contribution in [0.3, 0.4) is 0 Å². The number of carbonyl (C=O) groups excluding carboxylic acids is 1. The molecule has 0 fully saturated rings. The van der Waals surface area contributed by atoms with E-state index >= 15 is 0 Å². The SMILES string of the molecule is CC(C)CCCCNC(=O)c1cc2ccccc2cc1O. The van der Waals surface area contributed by atoms with Crippen molar-refractivity contribution in [2.24, 2.45) is 5.92 Å². The van der Waals surface area contributed by atoms with Crippen molar-refractivity contribution in [3.63, 3.8) is 0 Å². The summed E-state index contributed by atoms with van der Waals surface area (Å²) in [6.07, 6.45) is 3.26. The zero-order valence-electron chi connectivity index (χ0n) is 12.7. The molecule has 21 heavy (non-hydrogen) atoms. The van der Waals surface area contributed by atoms with E-state index in [9.17, 15) is 9.90 Å². The summed E-state index contributed by atoms with van der Waals surface area (Å²) in [6.45, 7) is 5.05. The van der Waals surface area contributed by atoms with E-state index in [1.165, 1.54) is 6.42 Å². The summed E-state index contributed by atoms with van der Waals surface area (Å²) in [5.41, 5.74) is 0.345. The average molecular weight is 285 g/mol. The maximum atomic E-state index is 12.1. The molecule has 0 atom stereocenters. The second-order valence-electron chi connectivity index (χ2n) is 5.86. The van der Waals surface area contributed by atoms with E-state index in [0.29, 0.717) is 18.0 Å². The molecule has 0 saturated carbocycles. The molecule has 0 saturated heterocycles. The van der Waals surface area contributed by atoms with Crippen LogP contribution < -0.4 is 5.32 Å². The highest BCUT2D eigenvalue weighted by molar-refractivity contribution is 6.01. The Morgan fingerprint density at radius 2 is 1.81 bits per heavy atom. The van der Waals surface area contributed by atoms with Crippen molar-refractivity contribution in [3.05, 3.63) is 42.0 Å². The molecule has 3 nitrogen and oxygen atoms in total. The minimum atomic E-state index is -0.206. The van der Waals surface area contributed by atoms with Crippen LogP contribution in [0.1, 0.15) is 43.5 Å². The summed E-state index contributed by atoms with van der Waals surface area (Å²) in [6, 6.07) is 11.1. The second kappa shape index (κ2) is 7.11. The number of benzene rings is 2. The van der Waals surface area contributed by atoms with Crippen LogP contribution in [0.5, 0.6) is 5.75 Å². The van der Waals surface area contributed by atoms with Gasteiger partial charge in [-0.1, -0.05) is 51.0 Å². The van der Waals surface area contributed by atoms with Gasteiger partial charge in [-0.3, -0.25) is 4.79 Å². The van der Waals surface area contributed by atoms with Gasteiger partial charge in [0.1, 0.15) is 5.75 Å². The molecule has 3 heteroatoms. The first kappa shape index (κ1) is 15.4. The molecule has 2 aromatic carbocycles. The predicted molar refractivity (Wildman–Crippen MR) is 86.6 cm³/mol. The van der Waals surface area contributed by atoms with Crippen LogP contribution >= 0.6 is 0 Å². The van der Waals surface area contributed by atoms with Gasteiger partial charge in [0.25, 0.3) is 5.91 Å². The van der Waals surface area contributed by atoms with Crippen molar-refractivity contribution in [2.75, 3.05) is 6.54 Å². The fraction of sp³-hybridized carbons (Fsp3) is 0.389. The Kier molecular flexibility index (Phi) is 5.20. The van der Waals surface area contributed by atoms with Gasteiger partial charge in [0, 0.05) is 6.54 Å². The van der Waals surface area contributed by atoms with Crippen molar-refractivity contribution < 1.29 is 9.90 Å². The lowest BCUT2D eigenvalue weighted by Gasteiger charge is -2.09. The first-order chi connectivity index (χ1) is 10.1. The third kappa shape index (κ3) is 4.22. The topological polar surface area (TPSA) is 49.3 Å². The molecule has 0 unspecified atom stereocenters. The molecule has 0 aliphatic carbocycles. The van der Waals surface area contributed by atoms with Crippen molar-refractivity contribution in [2.45, 2.75) is 33.1 Å². The first-order valence-electron chi connectivity index (χ1n) is 7.58. The Hall–Kier alpha value is -2.03. The van der Waals surface area contributed by atoms with Gasteiger partial charge >= 0.3 is 0 Å². The summed E-state index contributed by atoms with van der Waals surface area (Å²) in [5, 5.41) is 14.8. The Labute approximate surface area is 126 Å². The van der Waals surface area contributed by atoms with Crippen molar-refractivity contribution in [3.8, 4) is 5.75 Å². The van der Waals surface area contributed by atoms with Crippen molar-refractivity contribution >= 4 is 16.7 Å². The number of hydrogen-bond donors (Lipinski definition) is 2. The molecular formula is C18H23NO2. The zero-order valence-corrected chi connectivity index (χ0v) is 12.7. The number of amides is 1. The lowest BCUT2D eigenvalue weighted by molar-refractivity contribution is 0.0950. The number of fused-ring (bicyclic) bond motifs is 1. The molecule has 2 rings (SSSR count). The average Bonchev–Trinajstić information content (AvgIpc) is 2.45. The summed E-state index contributed by atoms with van der Waals surface area (Å²) in [5.74, 6) is 0.529. The molecule has 0 aliphatic rings. The highest BCUT2D eigenvalue weighted by Gasteiger charge is 2.11. The summed E-state index contributed by atoms with van der Waals surface area (Å²) >= 11 is 0. The number of hydrogen-bond acceptors (Lipinski definition) is 2. The molecule has 0 bridgehead atoms. The van der Waals surface area contributed by atoms with Gasteiger partial charge in [-0.05, 0) is 35.2 Å². The minimum absolute atomic E-state index is 0.0355. The molecular weight excluding hydrogens is 262 g/mol. The van der Waals surface area contributed by atoms with Crippen molar-refractivity contribution in [1.29, 1.82) is 0 Å². The van der Waals surface area contributed by atoms with Crippen LogP contribution in [0.15, 0.2) is 36.4 Å². The van der Waals surface area contributed by atoms with Crippen LogP contribution in [-0.2, 0) is 0 Å². The minimum Gasteiger partial charge on any atom is -0.507 e. The molecule has 112 valence electrons. The maximum absolute atomic E-state index is 12.1. The number of nitrogens with one attached hydrogen (secondary N) is 1. The Morgan fingerprint density at radius 1 is 1.14 bits per heavy atom. The highest BCUT2D eigenvalue weighted by atomic mass is 16.3. The lowest BCUT2D eigenvalue weighted by Crippen LogP contribution is -2.24. The van der Waals surface area contributed by atoms with Gasteiger partial charge in [-0.2, -0.15) is 0 Å². The molecule has 0 heterocycles. The van der Waals surface area contributed by atoms with E-state index < -0.39 is 0 Å². The van der Waals surface area contributed by atoms with Gasteiger partial charge in [-0.15, -0.1) is 0 Å². The lowest BCUT2D eigenvalue weighted by atomic mass is 10.0. The normalized spacial score (nSPS) is 11.0. The maximum Gasteiger partial charge on any atom is 0.255 e. The number of unbranched alkanes of at least 4 members (excludes halogenated alkanes) is 1. The number of carbonyl (C=O) groups is 1. The molecule has 2 N–H and O–H groups in total. The third-order valence-electron chi connectivity index (χ3n) is 3.60. The van der Waals surface area contributed by atoms with Gasteiger partial charge in [-0.25, -0.2) is 0 Å². The van der Waals surface area contributed by atoms with E-state index in [-0.39, 0.29) is 11.7 Å². The number of rotatable bonds is 6.